The minimum Gasteiger partial charge on any atom is -0.319 e. The van der Waals surface area contributed by atoms with Crippen molar-refractivity contribution in [1.29, 1.82) is 5.26 Å². The molecule has 2 aromatic heterocycles. The van der Waals surface area contributed by atoms with Gasteiger partial charge in [0.15, 0.2) is 5.82 Å². The molecule has 2 heterocycles. The van der Waals surface area contributed by atoms with Gasteiger partial charge in [-0.15, -0.1) is 0 Å². The van der Waals surface area contributed by atoms with Gasteiger partial charge in [0.1, 0.15) is 0 Å². The summed E-state index contributed by atoms with van der Waals surface area (Å²) in [6.45, 7) is 8.41. The number of hydrogen-bond donors (Lipinski definition) is 0. The first-order valence-electron chi connectivity index (χ1n) is 17.6. The number of aromatic nitrogens is 3. The summed E-state index contributed by atoms with van der Waals surface area (Å²) in [7, 11) is 0. The minimum atomic E-state index is 0.409. The lowest BCUT2D eigenvalue weighted by molar-refractivity contribution is 1.17. The van der Waals surface area contributed by atoms with Gasteiger partial charge in [-0.1, -0.05) is 115 Å². The molecule has 0 fully saturated rings. The van der Waals surface area contributed by atoms with Crippen molar-refractivity contribution < 1.29 is 0 Å². The van der Waals surface area contributed by atoms with E-state index in [0.717, 1.165) is 55.7 Å². The maximum Gasteiger partial charge on any atom is 0.211 e. The lowest BCUT2D eigenvalue weighted by Crippen LogP contribution is -2.09. The molecule has 0 unspecified atom stereocenters. The van der Waals surface area contributed by atoms with Crippen LogP contribution in [0.15, 0.2) is 182 Å². The highest BCUT2D eigenvalue weighted by Gasteiger charge is 2.21. The van der Waals surface area contributed by atoms with Crippen molar-refractivity contribution in [3.05, 3.63) is 199 Å². The van der Waals surface area contributed by atoms with Crippen LogP contribution in [0.4, 0.5) is 22.7 Å². The average Bonchev–Trinajstić information content (AvgIpc) is 3.58. The molecule has 54 heavy (non-hydrogen) atoms. The summed E-state index contributed by atoms with van der Waals surface area (Å²) in [5.74, 6) is 0.544. The van der Waals surface area contributed by atoms with Crippen LogP contribution in [0.5, 0.6) is 0 Å². The van der Waals surface area contributed by atoms with E-state index in [2.05, 4.69) is 75.0 Å². The van der Waals surface area contributed by atoms with Crippen LogP contribution < -0.4 is 4.90 Å². The molecular weight excluding hydrogens is 661 g/mol. The van der Waals surface area contributed by atoms with Crippen molar-refractivity contribution in [2.75, 3.05) is 4.90 Å². The van der Waals surface area contributed by atoms with Gasteiger partial charge in [-0.25, -0.2) is 14.8 Å². The Hall–Kier alpha value is -7.80. The summed E-state index contributed by atoms with van der Waals surface area (Å²) in [6.07, 6.45) is 0. The summed E-state index contributed by atoms with van der Waals surface area (Å²) in [4.78, 5) is 16.2. The van der Waals surface area contributed by atoms with E-state index in [1.165, 1.54) is 0 Å². The molecule has 0 amide bonds. The van der Waals surface area contributed by atoms with Gasteiger partial charge in [-0.05, 0) is 66.7 Å². The summed E-state index contributed by atoms with van der Waals surface area (Å²) < 4.78 is 2.10. The van der Waals surface area contributed by atoms with E-state index in [4.69, 9.17) is 16.5 Å². The average molecular weight is 691 g/mol. The van der Waals surface area contributed by atoms with Gasteiger partial charge >= 0.3 is 0 Å². The van der Waals surface area contributed by atoms with Crippen molar-refractivity contribution in [3.8, 4) is 45.7 Å². The van der Waals surface area contributed by atoms with Gasteiger partial charge in [0.25, 0.3) is 0 Å². The summed E-state index contributed by atoms with van der Waals surface area (Å²) in [5, 5.41) is 12.8. The second-order valence-electron chi connectivity index (χ2n) is 12.9. The quantitative estimate of drug-likeness (QED) is 0.156. The van der Waals surface area contributed by atoms with Crippen LogP contribution >= 0.6 is 0 Å². The molecule has 9 aromatic rings. The summed E-state index contributed by atoms with van der Waals surface area (Å²) >= 11 is 0. The van der Waals surface area contributed by atoms with Crippen LogP contribution in [0.3, 0.4) is 0 Å². The molecule has 7 aromatic carbocycles. The summed E-state index contributed by atoms with van der Waals surface area (Å²) in [5.41, 5.74) is 10.1. The zero-order valence-electron chi connectivity index (χ0n) is 29.0. The predicted molar refractivity (Wildman–Crippen MR) is 218 cm³/mol. The van der Waals surface area contributed by atoms with Gasteiger partial charge in [0.2, 0.25) is 5.69 Å². The van der Waals surface area contributed by atoms with Gasteiger partial charge in [0.05, 0.1) is 46.3 Å². The first-order chi connectivity index (χ1) is 26.7. The molecule has 0 saturated heterocycles. The van der Waals surface area contributed by atoms with Crippen molar-refractivity contribution >= 4 is 44.6 Å². The maximum absolute atomic E-state index is 10.7. The summed E-state index contributed by atoms with van der Waals surface area (Å²) in [6, 6.07) is 63.0. The lowest BCUT2D eigenvalue weighted by Gasteiger charge is -2.25. The van der Waals surface area contributed by atoms with E-state index >= 15 is 0 Å². The number of benzene rings is 7. The topological polar surface area (TPSA) is 62.1 Å². The van der Waals surface area contributed by atoms with Crippen LogP contribution in [0, 0.1) is 17.9 Å². The molecule has 0 aliphatic heterocycles. The molecule has 0 radical (unpaired) electrons. The standard InChI is InChI=1S/C48H30N6/c1-50-44-30-40(43-31-42(33-16-6-2-7-17-33)51-48(52-43)34-18-8-3-9-19-34)35(32-49)28-47(44)54-45-25-15-14-24-39(45)41-29-38(26-27-46(41)54)53(36-20-10-4-11-21-36)37-22-12-5-13-23-37/h2-31H. The number of hydrogen-bond acceptors (Lipinski definition) is 4. The molecule has 6 heteroatoms. The Morgan fingerprint density at radius 3 is 1.76 bits per heavy atom. The third-order valence-corrected chi connectivity index (χ3v) is 9.64. The largest absolute Gasteiger partial charge is 0.319 e. The number of rotatable bonds is 7. The highest BCUT2D eigenvalue weighted by atomic mass is 15.1. The Labute approximate surface area is 312 Å². The van der Waals surface area contributed by atoms with Crippen molar-refractivity contribution in [1.82, 2.24) is 14.5 Å². The molecule has 0 saturated carbocycles. The zero-order valence-corrected chi connectivity index (χ0v) is 29.0. The fourth-order valence-corrected chi connectivity index (χ4v) is 7.17. The van der Waals surface area contributed by atoms with E-state index in [1.807, 2.05) is 121 Å². The molecule has 0 aliphatic carbocycles. The smallest absolute Gasteiger partial charge is 0.211 e. The number of fused-ring (bicyclic) bond motifs is 3. The molecule has 0 bridgehead atoms. The van der Waals surface area contributed by atoms with Crippen LogP contribution in [-0.2, 0) is 0 Å². The van der Waals surface area contributed by atoms with E-state index in [0.29, 0.717) is 34.0 Å². The highest BCUT2D eigenvalue weighted by Crippen LogP contribution is 2.42. The van der Waals surface area contributed by atoms with Crippen LogP contribution in [0.2, 0.25) is 0 Å². The fraction of sp³-hybridized carbons (Fsp3) is 0. The fourth-order valence-electron chi connectivity index (χ4n) is 7.17. The monoisotopic (exact) mass is 690 g/mol. The Bertz CT molecular complexity index is 2790. The molecular formula is C48H30N6. The van der Waals surface area contributed by atoms with Gasteiger partial charge in [-0.2, -0.15) is 5.26 Å². The molecule has 0 atom stereocenters. The third kappa shape index (κ3) is 5.71. The van der Waals surface area contributed by atoms with Gasteiger partial charge in [-0.3, -0.25) is 0 Å². The number of anilines is 3. The minimum absolute atomic E-state index is 0.409. The zero-order chi connectivity index (χ0) is 36.4. The lowest BCUT2D eigenvalue weighted by atomic mass is 10.0. The molecule has 252 valence electrons. The third-order valence-electron chi connectivity index (χ3n) is 9.64. The normalized spacial score (nSPS) is 10.9. The first-order valence-corrected chi connectivity index (χ1v) is 17.6. The second kappa shape index (κ2) is 13.7. The van der Waals surface area contributed by atoms with Crippen LogP contribution in [-0.4, -0.2) is 14.5 Å². The highest BCUT2D eigenvalue weighted by molar-refractivity contribution is 6.11. The first kappa shape index (κ1) is 32.1. The Balaban J connectivity index is 1.24. The molecule has 0 spiro atoms. The number of nitrogens with zero attached hydrogens (tertiary/aromatic N) is 6. The van der Waals surface area contributed by atoms with Crippen molar-refractivity contribution in [2.45, 2.75) is 0 Å². The van der Waals surface area contributed by atoms with E-state index < -0.39 is 0 Å². The number of nitriles is 1. The van der Waals surface area contributed by atoms with Crippen LogP contribution in [0.25, 0.3) is 66.2 Å². The predicted octanol–water partition coefficient (Wildman–Crippen LogP) is 12.5. The van der Waals surface area contributed by atoms with Gasteiger partial charge in [0, 0.05) is 44.5 Å². The second-order valence-corrected chi connectivity index (χ2v) is 12.9. The number of para-hydroxylation sites is 3. The van der Waals surface area contributed by atoms with Crippen LogP contribution in [0.1, 0.15) is 5.56 Å². The van der Waals surface area contributed by atoms with E-state index in [9.17, 15) is 5.26 Å². The maximum atomic E-state index is 10.7. The Morgan fingerprint density at radius 2 is 1.11 bits per heavy atom. The molecule has 0 N–H and O–H groups in total. The Kier molecular flexibility index (Phi) is 8.17. The molecule has 0 aliphatic rings. The van der Waals surface area contributed by atoms with Gasteiger partial charge < -0.3 is 9.47 Å². The molecule has 9 rings (SSSR count). The van der Waals surface area contributed by atoms with Crippen molar-refractivity contribution in [2.24, 2.45) is 0 Å². The van der Waals surface area contributed by atoms with E-state index in [1.54, 1.807) is 6.07 Å². The molecule has 6 nitrogen and oxygen atoms in total. The Morgan fingerprint density at radius 1 is 0.537 bits per heavy atom. The SMILES string of the molecule is [C-]#[N+]c1cc(-c2cc(-c3ccccc3)nc(-c3ccccc3)n2)c(C#N)cc1-n1c2ccccc2c2cc(N(c3ccccc3)c3ccccc3)ccc21. The van der Waals surface area contributed by atoms with E-state index in [-0.39, 0.29) is 0 Å². The van der Waals surface area contributed by atoms with Crippen molar-refractivity contribution in [3.63, 3.8) is 0 Å².